The van der Waals surface area contributed by atoms with Gasteiger partial charge in [-0.25, -0.2) is 9.97 Å². The molecule has 0 radical (unpaired) electrons. The maximum Gasteiger partial charge on any atom is 0.165 e. The van der Waals surface area contributed by atoms with Crippen molar-refractivity contribution < 1.29 is 0 Å². The number of fused-ring (bicyclic) bond motifs is 6. The Kier molecular flexibility index (Phi) is 4.37. The van der Waals surface area contributed by atoms with Crippen LogP contribution in [0.25, 0.3) is 55.5 Å². The lowest BCUT2D eigenvalue weighted by Gasteiger charge is -2.19. The number of benzene rings is 4. The summed E-state index contributed by atoms with van der Waals surface area (Å²) in [5.41, 5.74) is 9.39. The maximum atomic E-state index is 5.32. The normalized spacial score (nSPS) is 12.3. The fourth-order valence-corrected chi connectivity index (χ4v) is 5.27. The first kappa shape index (κ1) is 20.9. The van der Waals surface area contributed by atoms with E-state index in [2.05, 4.69) is 127 Å². The molecule has 0 fully saturated rings. The van der Waals surface area contributed by atoms with E-state index in [-0.39, 0.29) is 5.41 Å². The largest absolute Gasteiger partial charge is 0.293 e. The van der Waals surface area contributed by atoms with Gasteiger partial charge < -0.3 is 0 Å². The van der Waals surface area contributed by atoms with Crippen LogP contribution >= 0.6 is 0 Å². The highest BCUT2D eigenvalue weighted by Gasteiger charge is 2.21. The van der Waals surface area contributed by atoms with Gasteiger partial charge in [0.25, 0.3) is 0 Å². The number of hydrogen-bond donors (Lipinski definition) is 0. The Labute approximate surface area is 209 Å². The molecule has 3 aromatic heterocycles. The minimum absolute atomic E-state index is 0.102. The van der Waals surface area contributed by atoms with Crippen LogP contribution in [0.1, 0.15) is 26.3 Å². The average molecular weight is 467 g/mol. The lowest BCUT2D eigenvalue weighted by atomic mass is 9.87. The van der Waals surface area contributed by atoms with E-state index in [0.29, 0.717) is 0 Å². The molecule has 36 heavy (non-hydrogen) atoms. The third kappa shape index (κ3) is 3.01. The Bertz CT molecular complexity index is 1900. The van der Waals surface area contributed by atoms with E-state index in [9.17, 15) is 0 Å². The summed E-state index contributed by atoms with van der Waals surface area (Å²) in [6, 6.07) is 36.2. The highest BCUT2D eigenvalue weighted by molar-refractivity contribution is 6.12. The van der Waals surface area contributed by atoms with Gasteiger partial charge in [-0.2, -0.15) is 0 Å². The number of nitrogens with zero attached hydrogens (tertiary/aromatic N) is 4. The molecule has 3 heterocycles. The van der Waals surface area contributed by atoms with Crippen LogP contribution in [0.5, 0.6) is 0 Å². The van der Waals surface area contributed by atoms with Crippen molar-refractivity contribution in [3.8, 4) is 11.4 Å². The van der Waals surface area contributed by atoms with Gasteiger partial charge in [-0.1, -0.05) is 87.5 Å². The van der Waals surface area contributed by atoms with Gasteiger partial charge in [0.2, 0.25) is 0 Å². The highest BCUT2D eigenvalue weighted by atomic mass is 15.1. The van der Waals surface area contributed by atoms with Crippen LogP contribution in [0.3, 0.4) is 0 Å². The molecule has 0 aliphatic carbocycles. The van der Waals surface area contributed by atoms with Gasteiger partial charge in [-0.3, -0.25) is 9.13 Å². The fraction of sp³-hybridized carbons (Fsp3) is 0.125. The lowest BCUT2D eigenvalue weighted by molar-refractivity contribution is 0.590. The molecular weight excluding hydrogens is 440 g/mol. The molecule has 0 unspecified atom stereocenters. The lowest BCUT2D eigenvalue weighted by Crippen LogP contribution is -2.10. The molecule has 174 valence electrons. The maximum absolute atomic E-state index is 5.32. The van der Waals surface area contributed by atoms with Gasteiger partial charge in [0.05, 0.1) is 11.0 Å². The monoisotopic (exact) mass is 466 g/mol. The smallest absolute Gasteiger partial charge is 0.165 e. The molecule has 0 saturated heterocycles. The molecule has 4 nitrogen and oxygen atoms in total. The zero-order chi connectivity index (χ0) is 24.4. The summed E-state index contributed by atoms with van der Waals surface area (Å²) in [6.45, 7) is 6.73. The molecule has 7 rings (SSSR count). The van der Waals surface area contributed by atoms with E-state index in [1.54, 1.807) is 0 Å². The van der Waals surface area contributed by atoms with Crippen molar-refractivity contribution in [2.45, 2.75) is 26.2 Å². The van der Waals surface area contributed by atoms with Crippen LogP contribution in [-0.4, -0.2) is 19.1 Å². The summed E-state index contributed by atoms with van der Waals surface area (Å²) in [5.74, 6) is 0. The third-order valence-electron chi connectivity index (χ3n) is 7.09. The van der Waals surface area contributed by atoms with Crippen LogP contribution in [0.2, 0.25) is 0 Å². The van der Waals surface area contributed by atoms with E-state index >= 15 is 0 Å². The molecule has 7 aromatic rings. The van der Waals surface area contributed by atoms with E-state index in [4.69, 9.17) is 9.97 Å². The predicted molar refractivity (Wildman–Crippen MR) is 149 cm³/mol. The first-order valence-electron chi connectivity index (χ1n) is 12.4. The second kappa shape index (κ2) is 7.53. The van der Waals surface area contributed by atoms with E-state index in [1.165, 1.54) is 5.56 Å². The molecule has 0 N–H and O–H groups in total. The zero-order valence-electron chi connectivity index (χ0n) is 20.6. The van der Waals surface area contributed by atoms with Crippen LogP contribution in [0, 0.1) is 0 Å². The third-order valence-corrected chi connectivity index (χ3v) is 7.09. The van der Waals surface area contributed by atoms with Crippen molar-refractivity contribution in [3.05, 3.63) is 109 Å². The molecule has 0 saturated carbocycles. The van der Waals surface area contributed by atoms with Gasteiger partial charge in [0, 0.05) is 22.1 Å². The van der Waals surface area contributed by atoms with Gasteiger partial charge in [0.15, 0.2) is 11.3 Å². The summed E-state index contributed by atoms with van der Waals surface area (Å²) in [5, 5.41) is 2.21. The topological polar surface area (TPSA) is 35.6 Å². The molecule has 0 aliphatic rings. The van der Waals surface area contributed by atoms with Crippen molar-refractivity contribution >= 4 is 44.1 Å². The molecule has 4 aromatic carbocycles. The molecule has 0 aliphatic heterocycles. The number of para-hydroxylation sites is 3. The molecular formula is C32H26N4. The van der Waals surface area contributed by atoms with Gasteiger partial charge >= 0.3 is 0 Å². The Morgan fingerprint density at radius 1 is 0.500 bits per heavy atom. The molecule has 0 amide bonds. The Balaban J connectivity index is 1.60. The number of aromatic nitrogens is 4. The van der Waals surface area contributed by atoms with Crippen molar-refractivity contribution in [2.24, 2.45) is 0 Å². The summed E-state index contributed by atoms with van der Waals surface area (Å²) < 4.78 is 4.47. The number of hydrogen-bond acceptors (Lipinski definition) is 2. The molecule has 4 heteroatoms. The van der Waals surface area contributed by atoms with Crippen LogP contribution in [-0.2, 0) is 5.41 Å². The second-order valence-electron chi connectivity index (χ2n) is 10.4. The standard InChI is InChI=1S/C32H26N4/c1-32(2,3)21-17-19-23(20-18-21)36-27-16-10-8-14-25(27)29-31(36)34-28-24-13-7-9-15-26(24)35(30(28)33-29)22-11-5-4-6-12-22/h4-20H,1-3H3. The summed E-state index contributed by atoms with van der Waals surface area (Å²) in [4.78, 5) is 10.6. The first-order valence-corrected chi connectivity index (χ1v) is 12.4. The first-order chi connectivity index (χ1) is 17.5. The minimum atomic E-state index is 0.102. The van der Waals surface area contributed by atoms with Crippen molar-refractivity contribution in [3.63, 3.8) is 0 Å². The van der Waals surface area contributed by atoms with Crippen molar-refractivity contribution in [2.75, 3.05) is 0 Å². The summed E-state index contributed by atoms with van der Waals surface area (Å²) in [6.07, 6.45) is 0. The summed E-state index contributed by atoms with van der Waals surface area (Å²) in [7, 11) is 0. The van der Waals surface area contributed by atoms with Crippen LogP contribution in [0.15, 0.2) is 103 Å². The van der Waals surface area contributed by atoms with Crippen LogP contribution in [0.4, 0.5) is 0 Å². The minimum Gasteiger partial charge on any atom is -0.293 e. The van der Waals surface area contributed by atoms with Crippen molar-refractivity contribution in [1.29, 1.82) is 0 Å². The molecule has 0 bridgehead atoms. The van der Waals surface area contributed by atoms with E-state index in [0.717, 1.165) is 55.5 Å². The van der Waals surface area contributed by atoms with Gasteiger partial charge in [0.1, 0.15) is 11.0 Å². The van der Waals surface area contributed by atoms with Crippen LogP contribution < -0.4 is 0 Å². The van der Waals surface area contributed by atoms with Crippen molar-refractivity contribution in [1.82, 2.24) is 19.1 Å². The summed E-state index contributed by atoms with van der Waals surface area (Å²) >= 11 is 0. The molecule has 0 atom stereocenters. The Hall–Kier alpha value is -4.44. The zero-order valence-corrected chi connectivity index (χ0v) is 20.6. The SMILES string of the molecule is CC(C)(C)c1ccc(-n2c3ccccc3c3nc4c(nc32)c2ccccc2n4-c2ccccc2)cc1. The predicted octanol–water partition coefficient (Wildman–Crippen LogP) is 7.97. The quantitative estimate of drug-likeness (QED) is 0.259. The Morgan fingerprint density at radius 3 is 1.44 bits per heavy atom. The highest BCUT2D eigenvalue weighted by Crippen LogP contribution is 2.36. The fourth-order valence-electron chi connectivity index (χ4n) is 5.27. The second-order valence-corrected chi connectivity index (χ2v) is 10.4. The van der Waals surface area contributed by atoms with Gasteiger partial charge in [-0.15, -0.1) is 0 Å². The number of rotatable bonds is 2. The van der Waals surface area contributed by atoms with E-state index in [1.807, 2.05) is 6.07 Å². The molecule has 0 spiro atoms. The average Bonchev–Trinajstić information content (AvgIpc) is 3.40. The van der Waals surface area contributed by atoms with Gasteiger partial charge in [-0.05, 0) is 47.4 Å². The Morgan fingerprint density at radius 2 is 0.944 bits per heavy atom. The van der Waals surface area contributed by atoms with E-state index < -0.39 is 0 Å².